The Morgan fingerprint density at radius 3 is 2.61 bits per heavy atom. The van der Waals surface area contributed by atoms with Crippen molar-refractivity contribution in [2.24, 2.45) is 0 Å². The number of nitrogens with zero attached hydrogens (tertiary/aromatic N) is 2. The predicted octanol–water partition coefficient (Wildman–Crippen LogP) is 3.66. The van der Waals surface area contributed by atoms with Crippen LogP contribution in [0.3, 0.4) is 0 Å². The number of ether oxygens (including phenoxy) is 2. The van der Waals surface area contributed by atoms with Gasteiger partial charge in [0.2, 0.25) is 5.91 Å². The molecule has 1 aromatic heterocycles. The Balaban J connectivity index is 1.96. The van der Waals surface area contributed by atoms with Gasteiger partial charge in [-0.05, 0) is 24.6 Å². The number of amides is 1. The number of carbonyl (C=O) groups excluding carboxylic acids is 1. The first kappa shape index (κ1) is 19.7. The number of para-hydroxylation sites is 1. The average Bonchev–Trinajstić information content (AvgIpc) is 2.70. The van der Waals surface area contributed by atoms with Crippen LogP contribution < -0.4 is 20.3 Å². The molecule has 0 spiro atoms. The minimum Gasteiger partial charge on any atom is -0.495 e. The number of hydrogen-bond donors (Lipinski definition) is 1. The Kier molecular flexibility index (Phi) is 5.84. The molecule has 0 aliphatic heterocycles. The van der Waals surface area contributed by atoms with Crippen LogP contribution in [-0.2, 0) is 4.79 Å². The van der Waals surface area contributed by atoms with Gasteiger partial charge in [-0.1, -0.05) is 30.7 Å². The zero-order chi connectivity index (χ0) is 20.3. The summed E-state index contributed by atoms with van der Waals surface area (Å²) < 4.78 is 11.8. The molecule has 0 saturated carbocycles. The number of fused-ring (bicyclic) bond motifs is 1. The summed E-state index contributed by atoms with van der Waals surface area (Å²) in [4.78, 5) is 30.1. The van der Waals surface area contributed by atoms with Gasteiger partial charge in [0, 0.05) is 6.07 Å². The SMILES string of the molecule is CCC(C(=O)Nc1cc(Cl)c(OC)cc1OC)n1cnc2ccccc2c1=O. The number of carbonyl (C=O) groups is 1. The van der Waals surface area contributed by atoms with Gasteiger partial charge in [0.25, 0.3) is 5.56 Å². The molecule has 0 saturated heterocycles. The van der Waals surface area contributed by atoms with E-state index in [1.165, 1.54) is 25.1 Å². The molecule has 1 heterocycles. The minimum atomic E-state index is -0.741. The third kappa shape index (κ3) is 3.66. The molecule has 0 fully saturated rings. The number of halogens is 1. The molecule has 3 rings (SSSR count). The van der Waals surface area contributed by atoms with Gasteiger partial charge in [-0.3, -0.25) is 14.2 Å². The first-order valence-corrected chi connectivity index (χ1v) is 9.06. The highest BCUT2D eigenvalue weighted by Gasteiger charge is 2.22. The van der Waals surface area contributed by atoms with Crippen molar-refractivity contribution in [2.45, 2.75) is 19.4 Å². The van der Waals surface area contributed by atoms with E-state index in [0.29, 0.717) is 39.5 Å². The zero-order valence-electron chi connectivity index (χ0n) is 15.7. The highest BCUT2D eigenvalue weighted by Crippen LogP contribution is 2.36. The number of aromatic nitrogens is 2. The lowest BCUT2D eigenvalue weighted by molar-refractivity contribution is -0.119. The maximum Gasteiger partial charge on any atom is 0.261 e. The first-order valence-electron chi connectivity index (χ1n) is 8.68. The number of methoxy groups -OCH3 is 2. The smallest absolute Gasteiger partial charge is 0.261 e. The predicted molar refractivity (Wildman–Crippen MR) is 109 cm³/mol. The fraction of sp³-hybridized carbons (Fsp3) is 0.250. The fourth-order valence-electron chi connectivity index (χ4n) is 2.99. The molecule has 3 aromatic rings. The van der Waals surface area contributed by atoms with Crippen LogP contribution in [0.2, 0.25) is 5.02 Å². The van der Waals surface area contributed by atoms with Crippen LogP contribution in [0.15, 0.2) is 47.5 Å². The summed E-state index contributed by atoms with van der Waals surface area (Å²) in [5, 5.41) is 3.58. The summed E-state index contributed by atoms with van der Waals surface area (Å²) in [6.07, 6.45) is 1.80. The minimum absolute atomic E-state index is 0.271. The van der Waals surface area contributed by atoms with Gasteiger partial charge in [-0.2, -0.15) is 0 Å². The monoisotopic (exact) mass is 401 g/mol. The van der Waals surface area contributed by atoms with E-state index in [2.05, 4.69) is 10.3 Å². The van der Waals surface area contributed by atoms with E-state index in [0.717, 1.165) is 0 Å². The molecule has 1 amide bonds. The molecule has 1 atom stereocenters. The summed E-state index contributed by atoms with van der Waals surface area (Å²) >= 11 is 6.17. The van der Waals surface area contributed by atoms with Gasteiger partial charge in [-0.25, -0.2) is 4.98 Å². The molecular formula is C20H20ClN3O4. The van der Waals surface area contributed by atoms with Gasteiger partial charge in [0.15, 0.2) is 0 Å². The van der Waals surface area contributed by atoms with Crippen molar-refractivity contribution < 1.29 is 14.3 Å². The second kappa shape index (κ2) is 8.31. The molecule has 1 unspecified atom stereocenters. The third-order valence-corrected chi connectivity index (χ3v) is 4.74. The van der Waals surface area contributed by atoms with E-state index in [1.807, 2.05) is 13.0 Å². The quantitative estimate of drug-likeness (QED) is 0.681. The molecule has 28 heavy (non-hydrogen) atoms. The first-order chi connectivity index (χ1) is 13.5. The van der Waals surface area contributed by atoms with E-state index in [9.17, 15) is 9.59 Å². The maximum absolute atomic E-state index is 12.9. The van der Waals surface area contributed by atoms with Gasteiger partial charge in [-0.15, -0.1) is 0 Å². The summed E-state index contributed by atoms with van der Waals surface area (Å²) in [5.41, 5.74) is 0.702. The number of rotatable bonds is 6. The van der Waals surface area contributed by atoms with Crippen molar-refractivity contribution in [3.63, 3.8) is 0 Å². The van der Waals surface area contributed by atoms with Crippen molar-refractivity contribution in [3.8, 4) is 11.5 Å². The summed E-state index contributed by atoms with van der Waals surface area (Å²) in [6, 6.07) is 9.41. The van der Waals surface area contributed by atoms with Crippen LogP contribution in [0.4, 0.5) is 5.69 Å². The lowest BCUT2D eigenvalue weighted by atomic mass is 10.1. The summed E-state index contributed by atoms with van der Waals surface area (Å²) in [7, 11) is 2.97. The Labute approximate surface area is 166 Å². The number of nitrogens with one attached hydrogen (secondary N) is 1. The van der Waals surface area contributed by atoms with Crippen LogP contribution in [0, 0.1) is 0 Å². The Morgan fingerprint density at radius 2 is 1.93 bits per heavy atom. The van der Waals surface area contributed by atoms with Crippen LogP contribution >= 0.6 is 11.6 Å². The average molecular weight is 402 g/mol. The van der Waals surface area contributed by atoms with Crippen molar-refractivity contribution in [3.05, 3.63) is 58.1 Å². The normalized spacial score (nSPS) is 11.9. The van der Waals surface area contributed by atoms with Crippen molar-refractivity contribution in [1.82, 2.24) is 9.55 Å². The van der Waals surface area contributed by atoms with E-state index < -0.39 is 6.04 Å². The Bertz CT molecular complexity index is 1080. The standard InChI is InChI=1S/C20H20ClN3O4/c1-4-16(24-11-22-14-8-6-5-7-12(14)20(24)26)19(25)23-15-9-13(21)17(27-2)10-18(15)28-3/h5-11,16H,4H2,1-3H3,(H,23,25). The van der Waals surface area contributed by atoms with E-state index >= 15 is 0 Å². The van der Waals surface area contributed by atoms with Crippen LogP contribution in [0.25, 0.3) is 10.9 Å². The Hall–Kier alpha value is -3.06. The molecule has 0 bridgehead atoms. The van der Waals surface area contributed by atoms with Crippen molar-refractivity contribution in [1.29, 1.82) is 0 Å². The lowest BCUT2D eigenvalue weighted by Gasteiger charge is -2.19. The molecule has 8 heteroatoms. The molecule has 0 aliphatic rings. The largest absolute Gasteiger partial charge is 0.495 e. The van der Waals surface area contributed by atoms with Gasteiger partial charge < -0.3 is 14.8 Å². The van der Waals surface area contributed by atoms with Crippen molar-refractivity contribution in [2.75, 3.05) is 19.5 Å². The molecule has 146 valence electrons. The molecular weight excluding hydrogens is 382 g/mol. The topological polar surface area (TPSA) is 82.4 Å². The van der Waals surface area contributed by atoms with Crippen LogP contribution in [-0.4, -0.2) is 29.7 Å². The second-order valence-electron chi connectivity index (χ2n) is 6.07. The number of anilines is 1. The highest BCUT2D eigenvalue weighted by molar-refractivity contribution is 6.32. The third-order valence-electron chi connectivity index (χ3n) is 4.45. The van der Waals surface area contributed by atoms with Gasteiger partial charge >= 0.3 is 0 Å². The van der Waals surface area contributed by atoms with Crippen molar-refractivity contribution >= 4 is 34.1 Å². The van der Waals surface area contributed by atoms with E-state index in [4.69, 9.17) is 21.1 Å². The van der Waals surface area contributed by atoms with Gasteiger partial charge in [0.05, 0.1) is 42.2 Å². The zero-order valence-corrected chi connectivity index (χ0v) is 16.5. The molecule has 7 nitrogen and oxygen atoms in total. The van der Waals surface area contributed by atoms with E-state index in [1.54, 1.807) is 30.3 Å². The summed E-state index contributed by atoms with van der Waals surface area (Å²) in [6.45, 7) is 1.82. The summed E-state index contributed by atoms with van der Waals surface area (Å²) in [5.74, 6) is 0.452. The number of hydrogen-bond acceptors (Lipinski definition) is 5. The fourth-order valence-corrected chi connectivity index (χ4v) is 3.23. The molecule has 1 N–H and O–H groups in total. The second-order valence-corrected chi connectivity index (χ2v) is 6.48. The maximum atomic E-state index is 12.9. The van der Waals surface area contributed by atoms with Gasteiger partial charge in [0.1, 0.15) is 17.5 Å². The molecule has 0 radical (unpaired) electrons. The number of benzene rings is 2. The molecule has 2 aromatic carbocycles. The lowest BCUT2D eigenvalue weighted by Crippen LogP contribution is -2.33. The van der Waals surface area contributed by atoms with Crippen LogP contribution in [0.1, 0.15) is 19.4 Å². The van der Waals surface area contributed by atoms with E-state index in [-0.39, 0.29) is 11.5 Å². The Morgan fingerprint density at radius 1 is 1.21 bits per heavy atom. The highest BCUT2D eigenvalue weighted by atomic mass is 35.5. The molecule has 0 aliphatic carbocycles. The van der Waals surface area contributed by atoms with Crippen LogP contribution in [0.5, 0.6) is 11.5 Å².